The summed E-state index contributed by atoms with van der Waals surface area (Å²) in [6, 6.07) is 10.4. The van der Waals surface area contributed by atoms with Crippen LogP contribution in [0, 0.1) is 25.2 Å². The molecule has 0 bridgehead atoms. The number of ketones is 1. The van der Waals surface area contributed by atoms with E-state index in [0.717, 1.165) is 11.4 Å². The number of nitrogens with zero attached hydrogens (tertiary/aromatic N) is 2. The summed E-state index contributed by atoms with van der Waals surface area (Å²) in [6.45, 7) is 7.59. The number of allylic oxidation sites excluding steroid dienone is 1. The highest BCUT2D eigenvalue weighted by atomic mass is 16.5. The summed E-state index contributed by atoms with van der Waals surface area (Å²) in [5.74, 6) is -0.497. The molecule has 0 atom stereocenters. The molecule has 144 valence electrons. The van der Waals surface area contributed by atoms with E-state index >= 15 is 0 Å². The van der Waals surface area contributed by atoms with Crippen LogP contribution in [0.15, 0.2) is 48.6 Å². The lowest BCUT2D eigenvalue weighted by molar-refractivity contribution is -0.137. The molecule has 1 aromatic heterocycles. The van der Waals surface area contributed by atoms with Crippen molar-refractivity contribution in [1.82, 2.24) is 4.57 Å². The van der Waals surface area contributed by atoms with Crippen LogP contribution in [0.25, 0.3) is 6.08 Å². The molecule has 0 fully saturated rings. The van der Waals surface area contributed by atoms with Gasteiger partial charge < -0.3 is 14.0 Å². The minimum absolute atomic E-state index is 0.185. The van der Waals surface area contributed by atoms with Gasteiger partial charge in [0.1, 0.15) is 17.4 Å². The summed E-state index contributed by atoms with van der Waals surface area (Å²) in [5.41, 5.74) is 2.66. The number of Topliss-reactive ketones (excluding diaryl/α,β-unsaturated/α-hetero) is 1. The molecule has 2 aromatic rings. The van der Waals surface area contributed by atoms with Gasteiger partial charge in [0.15, 0.2) is 6.61 Å². The van der Waals surface area contributed by atoms with Gasteiger partial charge in [-0.3, -0.25) is 4.79 Å². The van der Waals surface area contributed by atoms with Crippen LogP contribution in [0.3, 0.4) is 0 Å². The van der Waals surface area contributed by atoms with Gasteiger partial charge in [0.25, 0.3) is 0 Å². The van der Waals surface area contributed by atoms with Crippen LogP contribution >= 0.6 is 0 Å². The molecular formula is C22H22N2O4. The van der Waals surface area contributed by atoms with Crippen molar-refractivity contribution in [3.63, 3.8) is 0 Å². The number of esters is 1. The summed E-state index contributed by atoms with van der Waals surface area (Å²) in [4.78, 5) is 24.6. The molecule has 0 unspecified atom stereocenters. The highest BCUT2D eigenvalue weighted by Gasteiger charge is 2.18. The Bertz CT molecular complexity index is 960. The lowest BCUT2D eigenvalue weighted by atomic mass is 10.1. The molecule has 0 aliphatic rings. The molecule has 0 saturated heterocycles. The van der Waals surface area contributed by atoms with Gasteiger partial charge in [-0.1, -0.05) is 18.2 Å². The second-order valence-corrected chi connectivity index (χ2v) is 6.13. The van der Waals surface area contributed by atoms with Crippen molar-refractivity contribution in [3.05, 3.63) is 71.1 Å². The number of nitriles is 1. The van der Waals surface area contributed by atoms with Gasteiger partial charge >= 0.3 is 5.97 Å². The first-order valence-electron chi connectivity index (χ1n) is 8.65. The van der Waals surface area contributed by atoms with Crippen molar-refractivity contribution in [2.24, 2.45) is 0 Å². The van der Waals surface area contributed by atoms with E-state index in [4.69, 9.17) is 9.47 Å². The maximum atomic E-state index is 12.4. The van der Waals surface area contributed by atoms with E-state index in [0.29, 0.717) is 23.4 Å². The van der Waals surface area contributed by atoms with Gasteiger partial charge in [-0.25, -0.2) is 4.79 Å². The van der Waals surface area contributed by atoms with Crippen LogP contribution in [-0.4, -0.2) is 30.0 Å². The van der Waals surface area contributed by atoms with E-state index in [-0.39, 0.29) is 11.4 Å². The van der Waals surface area contributed by atoms with E-state index in [1.165, 1.54) is 6.08 Å². The highest BCUT2D eigenvalue weighted by molar-refractivity contribution is 6.02. The fourth-order valence-electron chi connectivity index (χ4n) is 2.78. The molecule has 0 saturated carbocycles. The lowest BCUT2D eigenvalue weighted by Gasteiger charge is -2.07. The van der Waals surface area contributed by atoms with Crippen molar-refractivity contribution in [2.75, 3.05) is 13.7 Å². The molecule has 0 amide bonds. The number of ether oxygens (including phenoxy) is 2. The van der Waals surface area contributed by atoms with Gasteiger partial charge in [0, 0.05) is 23.5 Å². The van der Waals surface area contributed by atoms with E-state index in [9.17, 15) is 14.9 Å². The van der Waals surface area contributed by atoms with Crippen LogP contribution in [0.5, 0.6) is 5.75 Å². The maximum absolute atomic E-state index is 12.4. The maximum Gasteiger partial charge on any atom is 0.349 e. The quantitative estimate of drug-likeness (QED) is 0.230. The SMILES string of the molecule is C=CCn1c(C)cc(C(=O)COC(=O)/C(C#N)=C/c2ccc(OC)cc2)c1C. The Morgan fingerprint density at radius 3 is 2.50 bits per heavy atom. The zero-order valence-electron chi connectivity index (χ0n) is 16.2. The Morgan fingerprint density at radius 2 is 1.93 bits per heavy atom. The number of aryl methyl sites for hydroxylation is 1. The first-order valence-corrected chi connectivity index (χ1v) is 8.65. The van der Waals surface area contributed by atoms with Crippen molar-refractivity contribution in [2.45, 2.75) is 20.4 Å². The third-order valence-corrected chi connectivity index (χ3v) is 4.29. The lowest BCUT2D eigenvalue weighted by Crippen LogP contribution is -2.16. The standard InChI is InChI=1S/C22H22N2O4/c1-5-10-24-15(2)11-20(16(24)3)21(25)14-28-22(26)18(13-23)12-17-6-8-19(27-4)9-7-17/h5-9,11-12H,1,10,14H2,2-4H3/b18-12+. The predicted octanol–water partition coefficient (Wildman–Crippen LogP) is 3.63. The molecule has 6 heteroatoms. The fourth-order valence-corrected chi connectivity index (χ4v) is 2.78. The minimum Gasteiger partial charge on any atom is -0.497 e. The Balaban J connectivity index is 2.08. The Labute approximate surface area is 164 Å². The summed E-state index contributed by atoms with van der Waals surface area (Å²) < 4.78 is 12.1. The number of aromatic nitrogens is 1. The zero-order valence-corrected chi connectivity index (χ0v) is 16.2. The van der Waals surface area contributed by atoms with E-state index < -0.39 is 12.6 Å². The third kappa shape index (κ3) is 4.77. The summed E-state index contributed by atoms with van der Waals surface area (Å²) in [6.07, 6.45) is 3.15. The van der Waals surface area contributed by atoms with E-state index in [1.807, 2.05) is 24.5 Å². The summed E-state index contributed by atoms with van der Waals surface area (Å²) in [5, 5.41) is 9.24. The molecule has 6 nitrogen and oxygen atoms in total. The molecule has 1 aromatic carbocycles. The van der Waals surface area contributed by atoms with Gasteiger partial charge in [-0.05, 0) is 43.7 Å². The van der Waals surface area contributed by atoms with Gasteiger partial charge in [-0.2, -0.15) is 5.26 Å². The second kappa shape index (κ2) is 9.38. The van der Waals surface area contributed by atoms with E-state index in [2.05, 4.69) is 6.58 Å². The van der Waals surface area contributed by atoms with Crippen molar-refractivity contribution < 1.29 is 19.1 Å². The molecule has 0 aliphatic carbocycles. The van der Waals surface area contributed by atoms with Crippen molar-refractivity contribution >= 4 is 17.8 Å². The molecule has 0 radical (unpaired) electrons. The van der Waals surface area contributed by atoms with Crippen molar-refractivity contribution in [1.29, 1.82) is 5.26 Å². The predicted molar refractivity (Wildman–Crippen MR) is 106 cm³/mol. The molecule has 2 rings (SSSR count). The topological polar surface area (TPSA) is 81.3 Å². The van der Waals surface area contributed by atoms with E-state index in [1.54, 1.807) is 43.5 Å². The average Bonchev–Trinajstić information content (AvgIpc) is 2.99. The van der Waals surface area contributed by atoms with Gasteiger partial charge in [0.2, 0.25) is 5.78 Å². The highest BCUT2D eigenvalue weighted by Crippen LogP contribution is 2.17. The molecule has 0 aliphatic heterocycles. The smallest absolute Gasteiger partial charge is 0.349 e. The van der Waals surface area contributed by atoms with Crippen LogP contribution in [-0.2, 0) is 16.1 Å². The normalized spacial score (nSPS) is 10.9. The first kappa shape index (κ1) is 20.7. The van der Waals surface area contributed by atoms with Gasteiger partial charge in [-0.15, -0.1) is 6.58 Å². The van der Waals surface area contributed by atoms with Crippen molar-refractivity contribution in [3.8, 4) is 11.8 Å². The Hall–Kier alpha value is -3.59. The van der Waals surface area contributed by atoms with Crippen LogP contribution in [0.1, 0.15) is 27.3 Å². The second-order valence-electron chi connectivity index (χ2n) is 6.13. The number of rotatable bonds is 8. The molecule has 0 spiro atoms. The molecular weight excluding hydrogens is 356 g/mol. The number of hydrogen-bond acceptors (Lipinski definition) is 5. The monoisotopic (exact) mass is 378 g/mol. The number of hydrogen-bond donors (Lipinski definition) is 0. The molecule has 1 heterocycles. The van der Waals surface area contributed by atoms with Crippen LogP contribution in [0.2, 0.25) is 0 Å². The molecule has 28 heavy (non-hydrogen) atoms. The number of carbonyl (C=O) groups is 2. The average molecular weight is 378 g/mol. The molecule has 0 N–H and O–H groups in total. The summed E-state index contributed by atoms with van der Waals surface area (Å²) >= 11 is 0. The van der Waals surface area contributed by atoms with Crippen LogP contribution < -0.4 is 4.74 Å². The Morgan fingerprint density at radius 1 is 1.25 bits per heavy atom. The van der Waals surface area contributed by atoms with Gasteiger partial charge in [0.05, 0.1) is 7.11 Å². The fraction of sp³-hybridized carbons (Fsp3) is 0.227. The minimum atomic E-state index is -0.841. The third-order valence-electron chi connectivity index (χ3n) is 4.29. The number of methoxy groups -OCH3 is 1. The number of benzene rings is 1. The van der Waals surface area contributed by atoms with Crippen LogP contribution in [0.4, 0.5) is 0 Å². The summed E-state index contributed by atoms with van der Waals surface area (Å²) in [7, 11) is 1.55. The number of carbonyl (C=O) groups excluding carboxylic acids is 2. The Kier molecular flexibility index (Phi) is 6.94. The largest absolute Gasteiger partial charge is 0.497 e. The zero-order chi connectivity index (χ0) is 20.7. The first-order chi connectivity index (χ1) is 13.4.